The van der Waals surface area contributed by atoms with Gasteiger partial charge in [-0.05, 0) is 47.6 Å². The lowest BCUT2D eigenvalue weighted by Gasteiger charge is -2.32. The Morgan fingerprint density at radius 1 is 1.10 bits per heavy atom. The largest absolute Gasteiger partial charge is 0.493 e. The average Bonchev–Trinajstić information content (AvgIpc) is 2.48. The lowest BCUT2D eigenvalue weighted by atomic mass is 9.79. The van der Waals surface area contributed by atoms with Gasteiger partial charge in [-0.3, -0.25) is 0 Å². The number of allylic oxidation sites excluding steroid dienone is 1. The summed E-state index contributed by atoms with van der Waals surface area (Å²) in [6, 6.07) is 17.0. The molecule has 108 valence electrons. The summed E-state index contributed by atoms with van der Waals surface area (Å²) in [6.45, 7) is 7.59. The highest BCUT2D eigenvalue weighted by atomic mass is 16.5. The summed E-state index contributed by atoms with van der Waals surface area (Å²) < 4.78 is 5.79. The summed E-state index contributed by atoms with van der Waals surface area (Å²) >= 11 is 0. The highest BCUT2D eigenvalue weighted by molar-refractivity contribution is 5.80. The summed E-state index contributed by atoms with van der Waals surface area (Å²) in [5.74, 6) is 1.04. The highest BCUT2D eigenvalue weighted by Gasteiger charge is 2.28. The van der Waals surface area contributed by atoms with E-state index in [2.05, 4.69) is 69.3 Å². The van der Waals surface area contributed by atoms with Crippen LogP contribution >= 0.6 is 0 Å². The SMILES string of the molecule is C/C(=C\c1ccccc1)c1ccc2c(c1)C(C)(C)CCO2. The van der Waals surface area contributed by atoms with E-state index in [0.717, 1.165) is 18.8 Å². The van der Waals surface area contributed by atoms with Crippen LogP contribution in [0.5, 0.6) is 5.75 Å². The molecule has 0 amide bonds. The molecule has 0 saturated carbocycles. The van der Waals surface area contributed by atoms with Gasteiger partial charge < -0.3 is 4.74 Å². The number of hydrogen-bond acceptors (Lipinski definition) is 1. The van der Waals surface area contributed by atoms with Gasteiger partial charge in [-0.1, -0.05) is 56.3 Å². The van der Waals surface area contributed by atoms with Crippen molar-refractivity contribution in [3.8, 4) is 5.75 Å². The topological polar surface area (TPSA) is 9.23 Å². The van der Waals surface area contributed by atoms with Gasteiger partial charge in [0.2, 0.25) is 0 Å². The minimum Gasteiger partial charge on any atom is -0.493 e. The fourth-order valence-electron chi connectivity index (χ4n) is 2.86. The molecule has 0 aromatic heterocycles. The summed E-state index contributed by atoms with van der Waals surface area (Å²) in [6.07, 6.45) is 3.31. The molecule has 0 fully saturated rings. The molecule has 1 heteroatoms. The molecule has 1 heterocycles. The number of fused-ring (bicyclic) bond motifs is 1. The van der Waals surface area contributed by atoms with E-state index in [1.165, 1.54) is 22.3 Å². The third-order valence-corrected chi connectivity index (χ3v) is 4.33. The zero-order valence-corrected chi connectivity index (χ0v) is 13.0. The van der Waals surface area contributed by atoms with Crippen LogP contribution in [0, 0.1) is 0 Å². The van der Waals surface area contributed by atoms with Crippen molar-refractivity contribution in [1.29, 1.82) is 0 Å². The lowest BCUT2D eigenvalue weighted by Crippen LogP contribution is -2.26. The summed E-state index contributed by atoms with van der Waals surface area (Å²) in [5, 5.41) is 0. The quantitative estimate of drug-likeness (QED) is 0.677. The van der Waals surface area contributed by atoms with E-state index in [4.69, 9.17) is 4.74 Å². The molecule has 0 N–H and O–H groups in total. The van der Waals surface area contributed by atoms with E-state index in [1.807, 2.05) is 6.07 Å². The van der Waals surface area contributed by atoms with Gasteiger partial charge in [0.05, 0.1) is 6.61 Å². The van der Waals surface area contributed by atoms with Crippen LogP contribution in [0.4, 0.5) is 0 Å². The molecule has 0 saturated heterocycles. The summed E-state index contributed by atoms with van der Waals surface area (Å²) in [7, 11) is 0. The molecule has 1 aliphatic heterocycles. The van der Waals surface area contributed by atoms with Crippen molar-refractivity contribution in [2.75, 3.05) is 6.61 Å². The van der Waals surface area contributed by atoms with Crippen LogP contribution in [0.2, 0.25) is 0 Å². The minimum absolute atomic E-state index is 0.191. The summed E-state index contributed by atoms with van der Waals surface area (Å²) in [5.41, 5.74) is 5.31. The number of rotatable bonds is 2. The Morgan fingerprint density at radius 3 is 2.62 bits per heavy atom. The van der Waals surface area contributed by atoms with Crippen LogP contribution < -0.4 is 4.74 Å². The zero-order chi connectivity index (χ0) is 14.9. The van der Waals surface area contributed by atoms with Gasteiger partial charge in [-0.15, -0.1) is 0 Å². The molecule has 2 aromatic rings. The van der Waals surface area contributed by atoms with Gasteiger partial charge in [0.1, 0.15) is 5.75 Å². The van der Waals surface area contributed by atoms with Gasteiger partial charge >= 0.3 is 0 Å². The van der Waals surface area contributed by atoms with Crippen molar-refractivity contribution in [2.45, 2.75) is 32.6 Å². The Bertz CT molecular complexity index is 665. The smallest absolute Gasteiger partial charge is 0.123 e. The second-order valence-electron chi connectivity index (χ2n) is 6.43. The molecule has 2 aromatic carbocycles. The maximum absolute atomic E-state index is 5.79. The Hall–Kier alpha value is -2.02. The van der Waals surface area contributed by atoms with Crippen molar-refractivity contribution in [3.63, 3.8) is 0 Å². The predicted octanol–water partition coefficient (Wildman–Crippen LogP) is 5.31. The van der Waals surface area contributed by atoms with E-state index in [0.29, 0.717) is 0 Å². The number of benzene rings is 2. The van der Waals surface area contributed by atoms with Gasteiger partial charge in [0.15, 0.2) is 0 Å². The molecule has 0 bridgehead atoms. The van der Waals surface area contributed by atoms with Gasteiger partial charge in [0, 0.05) is 5.56 Å². The highest BCUT2D eigenvalue weighted by Crippen LogP contribution is 2.39. The third-order valence-electron chi connectivity index (χ3n) is 4.33. The average molecular weight is 278 g/mol. The number of hydrogen-bond donors (Lipinski definition) is 0. The minimum atomic E-state index is 0.191. The second-order valence-corrected chi connectivity index (χ2v) is 6.43. The van der Waals surface area contributed by atoms with Crippen molar-refractivity contribution < 1.29 is 4.74 Å². The molecule has 21 heavy (non-hydrogen) atoms. The molecule has 1 aliphatic rings. The third kappa shape index (κ3) is 2.87. The lowest BCUT2D eigenvalue weighted by molar-refractivity contribution is 0.234. The molecule has 0 aliphatic carbocycles. The van der Waals surface area contributed by atoms with Gasteiger partial charge in [-0.2, -0.15) is 0 Å². The van der Waals surface area contributed by atoms with Crippen molar-refractivity contribution in [2.24, 2.45) is 0 Å². The molecular weight excluding hydrogens is 256 g/mol. The van der Waals surface area contributed by atoms with Crippen molar-refractivity contribution in [1.82, 2.24) is 0 Å². The van der Waals surface area contributed by atoms with E-state index >= 15 is 0 Å². The molecule has 0 spiro atoms. The van der Waals surface area contributed by atoms with Crippen LogP contribution in [-0.4, -0.2) is 6.61 Å². The van der Waals surface area contributed by atoms with Crippen molar-refractivity contribution in [3.05, 3.63) is 65.2 Å². The normalized spacial score (nSPS) is 17.0. The first-order chi connectivity index (χ1) is 10.1. The Kier molecular flexibility index (Phi) is 3.59. The Morgan fingerprint density at radius 2 is 1.86 bits per heavy atom. The molecule has 0 atom stereocenters. The van der Waals surface area contributed by atoms with Crippen LogP contribution in [0.3, 0.4) is 0 Å². The maximum Gasteiger partial charge on any atom is 0.123 e. The van der Waals surface area contributed by atoms with Crippen LogP contribution in [0.25, 0.3) is 11.6 Å². The van der Waals surface area contributed by atoms with Crippen molar-refractivity contribution >= 4 is 11.6 Å². The first-order valence-electron chi connectivity index (χ1n) is 7.57. The molecular formula is C20H22O. The Balaban J connectivity index is 1.99. The van der Waals surface area contributed by atoms with Crippen LogP contribution in [0.1, 0.15) is 43.9 Å². The predicted molar refractivity (Wildman–Crippen MR) is 89.6 cm³/mol. The van der Waals surface area contributed by atoms with Crippen LogP contribution in [-0.2, 0) is 5.41 Å². The second kappa shape index (κ2) is 5.40. The van der Waals surface area contributed by atoms with Crippen LogP contribution in [0.15, 0.2) is 48.5 Å². The summed E-state index contributed by atoms with van der Waals surface area (Å²) in [4.78, 5) is 0. The van der Waals surface area contributed by atoms with E-state index in [-0.39, 0.29) is 5.41 Å². The molecule has 0 radical (unpaired) electrons. The zero-order valence-electron chi connectivity index (χ0n) is 13.0. The Labute approximate surface area is 127 Å². The number of ether oxygens (including phenoxy) is 1. The fraction of sp³-hybridized carbons (Fsp3) is 0.300. The van der Waals surface area contributed by atoms with E-state index in [9.17, 15) is 0 Å². The van der Waals surface area contributed by atoms with Gasteiger partial charge in [0.25, 0.3) is 0 Å². The maximum atomic E-state index is 5.79. The first-order valence-corrected chi connectivity index (χ1v) is 7.57. The standard InChI is InChI=1S/C20H22O/c1-15(13-16-7-5-4-6-8-16)17-9-10-19-18(14-17)20(2,3)11-12-21-19/h4-10,13-14H,11-12H2,1-3H3/b15-13+. The molecule has 1 nitrogen and oxygen atoms in total. The van der Waals surface area contributed by atoms with E-state index < -0.39 is 0 Å². The van der Waals surface area contributed by atoms with Gasteiger partial charge in [-0.25, -0.2) is 0 Å². The van der Waals surface area contributed by atoms with E-state index in [1.54, 1.807) is 0 Å². The first kappa shape index (κ1) is 13.9. The fourth-order valence-corrected chi connectivity index (χ4v) is 2.86. The monoisotopic (exact) mass is 278 g/mol. The molecule has 3 rings (SSSR count). The molecule has 0 unspecified atom stereocenters.